The lowest BCUT2D eigenvalue weighted by Crippen LogP contribution is -1.88. The van der Waals surface area contributed by atoms with E-state index in [-0.39, 0.29) is 0 Å². The van der Waals surface area contributed by atoms with Crippen LogP contribution in [0.3, 0.4) is 0 Å². The van der Waals surface area contributed by atoms with E-state index in [1.807, 2.05) is 25.1 Å². The number of pyridine rings is 1. The van der Waals surface area contributed by atoms with Gasteiger partial charge >= 0.3 is 0 Å². The molecular weight excluding hydrogens is 203 g/mol. The van der Waals surface area contributed by atoms with E-state index in [1.54, 1.807) is 12.3 Å². The zero-order valence-corrected chi connectivity index (χ0v) is 8.74. The second-order valence-electron chi connectivity index (χ2n) is 3.49. The van der Waals surface area contributed by atoms with Crippen LogP contribution in [0.5, 0.6) is 0 Å². The van der Waals surface area contributed by atoms with Gasteiger partial charge in [0.05, 0.1) is 11.6 Å². The van der Waals surface area contributed by atoms with Crippen molar-refractivity contribution >= 4 is 0 Å². The van der Waals surface area contributed by atoms with Crippen LogP contribution < -0.4 is 0 Å². The van der Waals surface area contributed by atoms with Crippen LogP contribution in [0.15, 0.2) is 36.5 Å². The summed E-state index contributed by atoms with van der Waals surface area (Å²) in [4.78, 5) is 4.15. The fourth-order valence-electron chi connectivity index (χ4n) is 1.49. The Morgan fingerprint density at radius 2 is 2.06 bits per heavy atom. The van der Waals surface area contributed by atoms with Gasteiger partial charge in [-0.25, -0.2) is 4.39 Å². The molecule has 0 aliphatic carbocycles. The minimum absolute atomic E-state index is 0.325. The zero-order chi connectivity index (χ0) is 11.5. The third kappa shape index (κ3) is 1.91. The van der Waals surface area contributed by atoms with Crippen molar-refractivity contribution in [1.82, 2.24) is 4.98 Å². The largest absolute Gasteiger partial charge is 0.261 e. The molecule has 2 nitrogen and oxygen atoms in total. The van der Waals surface area contributed by atoms with Crippen molar-refractivity contribution in [1.29, 1.82) is 5.26 Å². The number of aromatic nitrogens is 1. The Labute approximate surface area is 93.0 Å². The normalized spacial score (nSPS) is 9.81. The lowest BCUT2D eigenvalue weighted by molar-refractivity contribution is 0.627. The highest BCUT2D eigenvalue weighted by molar-refractivity contribution is 5.69. The highest BCUT2D eigenvalue weighted by atomic mass is 19.1. The first-order valence-electron chi connectivity index (χ1n) is 4.83. The molecule has 0 atom stereocenters. The van der Waals surface area contributed by atoms with Crippen molar-refractivity contribution in [3.8, 4) is 17.2 Å². The quantitative estimate of drug-likeness (QED) is 0.728. The smallest absolute Gasteiger partial charge is 0.124 e. The summed E-state index contributed by atoms with van der Waals surface area (Å²) in [7, 11) is 0. The molecule has 0 saturated carbocycles. The Morgan fingerprint density at radius 3 is 2.69 bits per heavy atom. The van der Waals surface area contributed by atoms with E-state index in [1.165, 1.54) is 12.1 Å². The summed E-state index contributed by atoms with van der Waals surface area (Å²) in [5, 5.41) is 8.92. The molecule has 0 bridgehead atoms. The minimum Gasteiger partial charge on any atom is -0.261 e. The van der Waals surface area contributed by atoms with E-state index in [0.29, 0.717) is 11.1 Å². The Kier molecular flexibility index (Phi) is 2.65. The van der Waals surface area contributed by atoms with Crippen LogP contribution in [0.2, 0.25) is 0 Å². The molecule has 78 valence electrons. The molecule has 3 heteroatoms. The van der Waals surface area contributed by atoms with Gasteiger partial charge in [0.2, 0.25) is 0 Å². The summed E-state index contributed by atoms with van der Waals surface area (Å²) in [6, 6.07) is 9.89. The fourth-order valence-corrected chi connectivity index (χ4v) is 1.49. The highest BCUT2D eigenvalue weighted by Gasteiger charge is 2.06. The van der Waals surface area contributed by atoms with Gasteiger partial charge in [-0.15, -0.1) is 0 Å². The number of nitriles is 1. The van der Waals surface area contributed by atoms with Gasteiger partial charge in [0, 0.05) is 23.0 Å². The van der Waals surface area contributed by atoms with Crippen molar-refractivity contribution in [3.05, 3.63) is 53.6 Å². The Bertz CT molecular complexity index is 553. The molecule has 0 saturated heterocycles. The third-order valence-corrected chi connectivity index (χ3v) is 2.32. The van der Waals surface area contributed by atoms with E-state index in [9.17, 15) is 4.39 Å². The number of halogens is 1. The van der Waals surface area contributed by atoms with E-state index >= 15 is 0 Å². The molecule has 2 rings (SSSR count). The molecule has 2 aromatic rings. The van der Waals surface area contributed by atoms with E-state index in [4.69, 9.17) is 5.26 Å². The van der Waals surface area contributed by atoms with Crippen LogP contribution >= 0.6 is 0 Å². The maximum absolute atomic E-state index is 12.9. The highest BCUT2D eigenvalue weighted by Crippen LogP contribution is 2.23. The van der Waals surface area contributed by atoms with Crippen LogP contribution in [0.4, 0.5) is 4.39 Å². The maximum atomic E-state index is 12.9. The summed E-state index contributed by atoms with van der Waals surface area (Å²) < 4.78 is 12.9. The summed E-state index contributed by atoms with van der Waals surface area (Å²) in [5.74, 6) is -0.402. The predicted molar refractivity (Wildman–Crippen MR) is 59.1 cm³/mol. The average molecular weight is 212 g/mol. The van der Waals surface area contributed by atoms with Crippen LogP contribution in [0.25, 0.3) is 11.1 Å². The van der Waals surface area contributed by atoms with Gasteiger partial charge in [-0.3, -0.25) is 4.98 Å². The third-order valence-electron chi connectivity index (χ3n) is 2.32. The summed E-state index contributed by atoms with van der Waals surface area (Å²) in [6.07, 6.45) is 1.68. The van der Waals surface area contributed by atoms with Gasteiger partial charge in [0.15, 0.2) is 0 Å². The molecule has 0 spiro atoms. The average Bonchev–Trinajstić information content (AvgIpc) is 2.30. The van der Waals surface area contributed by atoms with Crippen LogP contribution in [-0.4, -0.2) is 4.98 Å². The first-order chi connectivity index (χ1) is 7.70. The Morgan fingerprint density at radius 1 is 1.25 bits per heavy atom. The first-order valence-corrected chi connectivity index (χ1v) is 4.83. The number of nitrogens with zero attached hydrogens (tertiary/aromatic N) is 2. The molecule has 0 unspecified atom stereocenters. The number of rotatable bonds is 1. The second-order valence-corrected chi connectivity index (χ2v) is 3.49. The standard InChI is InChI=1S/C13H9FN2/c1-9-2-3-10(8-16-9)13-5-4-12(14)6-11(13)7-15/h2-6,8H,1H3. The SMILES string of the molecule is Cc1ccc(-c2ccc(F)cc2C#N)cn1. The molecule has 0 amide bonds. The first kappa shape index (κ1) is 10.3. The van der Waals surface area contributed by atoms with Crippen molar-refractivity contribution in [2.75, 3.05) is 0 Å². The van der Waals surface area contributed by atoms with E-state index in [2.05, 4.69) is 4.98 Å². The van der Waals surface area contributed by atoms with Crippen LogP contribution in [-0.2, 0) is 0 Å². The van der Waals surface area contributed by atoms with Gasteiger partial charge in [-0.2, -0.15) is 5.26 Å². The lowest BCUT2D eigenvalue weighted by Gasteiger charge is -2.04. The number of hydrogen-bond acceptors (Lipinski definition) is 2. The van der Waals surface area contributed by atoms with Crippen molar-refractivity contribution in [2.24, 2.45) is 0 Å². The molecule has 0 radical (unpaired) electrons. The van der Waals surface area contributed by atoms with Crippen LogP contribution in [0, 0.1) is 24.1 Å². The molecule has 16 heavy (non-hydrogen) atoms. The minimum atomic E-state index is -0.402. The maximum Gasteiger partial charge on any atom is 0.124 e. The van der Waals surface area contributed by atoms with Gasteiger partial charge < -0.3 is 0 Å². The van der Waals surface area contributed by atoms with E-state index in [0.717, 1.165) is 11.3 Å². The monoisotopic (exact) mass is 212 g/mol. The lowest BCUT2D eigenvalue weighted by atomic mass is 10.0. The second kappa shape index (κ2) is 4.11. The zero-order valence-electron chi connectivity index (χ0n) is 8.74. The molecule has 1 aromatic heterocycles. The molecule has 0 aliphatic heterocycles. The Hall–Kier alpha value is -2.21. The topological polar surface area (TPSA) is 36.7 Å². The number of aryl methyl sites for hydroxylation is 1. The Balaban J connectivity index is 2.56. The molecule has 1 heterocycles. The fraction of sp³-hybridized carbons (Fsp3) is 0.0769. The van der Waals surface area contributed by atoms with E-state index < -0.39 is 5.82 Å². The summed E-state index contributed by atoms with van der Waals surface area (Å²) in [6.45, 7) is 1.89. The molecule has 1 aromatic carbocycles. The van der Waals surface area contributed by atoms with Crippen molar-refractivity contribution in [2.45, 2.75) is 6.92 Å². The van der Waals surface area contributed by atoms with Crippen LogP contribution in [0.1, 0.15) is 11.3 Å². The van der Waals surface area contributed by atoms with Gasteiger partial charge in [-0.1, -0.05) is 12.1 Å². The number of benzene rings is 1. The van der Waals surface area contributed by atoms with Gasteiger partial charge in [0.1, 0.15) is 5.82 Å². The number of hydrogen-bond donors (Lipinski definition) is 0. The molecular formula is C13H9FN2. The summed E-state index contributed by atoms with van der Waals surface area (Å²) >= 11 is 0. The molecule has 0 N–H and O–H groups in total. The van der Waals surface area contributed by atoms with Crippen molar-refractivity contribution in [3.63, 3.8) is 0 Å². The predicted octanol–water partition coefficient (Wildman–Crippen LogP) is 3.07. The van der Waals surface area contributed by atoms with Gasteiger partial charge in [0.25, 0.3) is 0 Å². The summed E-state index contributed by atoms with van der Waals surface area (Å²) in [5.41, 5.74) is 2.76. The molecule has 0 fully saturated rings. The molecule has 0 aliphatic rings. The van der Waals surface area contributed by atoms with Gasteiger partial charge in [-0.05, 0) is 25.1 Å². The van der Waals surface area contributed by atoms with Crippen molar-refractivity contribution < 1.29 is 4.39 Å².